The van der Waals surface area contributed by atoms with Crippen LogP contribution in [-0.2, 0) is 16.6 Å². The Hall–Kier alpha value is -2.40. The maximum Gasteiger partial charge on any atom is 0.263 e. The summed E-state index contributed by atoms with van der Waals surface area (Å²) < 4.78 is 33.2. The zero-order valence-electron chi connectivity index (χ0n) is 17.0. The Morgan fingerprint density at radius 3 is 2.42 bits per heavy atom. The molecule has 0 atom stereocenters. The number of sulfonamides is 1. The summed E-state index contributed by atoms with van der Waals surface area (Å²) in [5.74, 6) is 0.422. The number of benzene rings is 1. The maximum absolute atomic E-state index is 13.3. The van der Waals surface area contributed by atoms with Crippen molar-refractivity contribution in [2.45, 2.75) is 11.4 Å². The van der Waals surface area contributed by atoms with Gasteiger partial charge in [0.05, 0.1) is 13.7 Å². The van der Waals surface area contributed by atoms with E-state index in [1.165, 1.54) is 10.4 Å². The van der Waals surface area contributed by atoms with Crippen molar-refractivity contribution in [1.82, 2.24) is 9.62 Å². The molecule has 3 aromatic rings. The van der Waals surface area contributed by atoms with Gasteiger partial charge >= 0.3 is 0 Å². The number of hydrogen-bond acceptors (Lipinski definition) is 7. The maximum atomic E-state index is 13.3. The first-order chi connectivity index (χ1) is 15.0. The summed E-state index contributed by atoms with van der Waals surface area (Å²) in [5.41, 5.74) is 1.03. The number of piperazine rings is 1. The van der Waals surface area contributed by atoms with E-state index >= 15 is 0 Å². The van der Waals surface area contributed by atoms with E-state index in [1.807, 2.05) is 41.8 Å². The normalized spacial score (nSPS) is 15.1. The highest BCUT2D eigenvalue weighted by molar-refractivity contribution is 7.89. The van der Waals surface area contributed by atoms with Crippen molar-refractivity contribution in [3.8, 4) is 5.75 Å². The lowest BCUT2D eigenvalue weighted by Crippen LogP contribution is -2.48. The zero-order valence-corrected chi connectivity index (χ0v) is 19.4. The predicted octanol–water partition coefficient (Wildman–Crippen LogP) is 3.26. The molecule has 1 amide bonds. The van der Waals surface area contributed by atoms with E-state index in [4.69, 9.17) is 4.74 Å². The number of anilines is 1. The fourth-order valence-electron chi connectivity index (χ4n) is 3.45. The summed E-state index contributed by atoms with van der Waals surface area (Å²) in [7, 11) is -2.12. The average molecular weight is 478 g/mol. The summed E-state index contributed by atoms with van der Waals surface area (Å²) in [4.78, 5) is 16.1. The minimum atomic E-state index is -3.74. The SMILES string of the molecule is COc1ccc(N2CCN(S(=O)(=O)c3ccsc3C(=O)NCc3cccs3)CC2)cc1. The van der Waals surface area contributed by atoms with Crippen LogP contribution in [0.3, 0.4) is 0 Å². The van der Waals surface area contributed by atoms with Gasteiger partial charge in [0, 0.05) is 36.7 Å². The van der Waals surface area contributed by atoms with Crippen LogP contribution in [0.15, 0.2) is 58.1 Å². The Kier molecular flexibility index (Phi) is 6.61. The highest BCUT2D eigenvalue weighted by Crippen LogP contribution is 2.27. The van der Waals surface area contributed by atoms with Crippen LogP contribution in [0.2, 0.25) is 0 Å². The van der Waals surface area contributed by atoms with Crippen LogP contribution >= 0.6 is 22.7 Å². The van der Waals surface area contributed by atoms with E-state index in [0.29, 0.717) is 32.7 Å². The molecule has 3 heterocycles. The molecule has 2 aromatic heterocycles. The number of hydrogen-bond donors (Lipinski definition) is 1. The van der Waals surface area contributed by atoms with Gasteiger partial charge in [-0.05, 0) is 47.2 Å². The molecule has 31 heavy (non-hydrogen) atoms. The van der Waals surface area contributed by atoms with Gasteiger partial charge in [-0.15, -0.1) is 22.7 Å². The van der Waals surface area contributed by atoms with E-state index in [-0.39, 0.29) is 15.7 Å². The third-order valence-corrected chi connectivity index (χ3v) is 8.99. The lowest BCUT2D eigenvalue weighted by Gasteiger charge is -2.35. The van der Waals surface area contributed by atoms with Gasteiger partial charge in [-0.3, -0.25) is 4.79 Å². The van der Waals surface area contributed by atoms with Crippen molar-refractivity contribution < 1.29 is 17.9 Å². The fraction of sp³-hybridized carbons (Fsp3) is 0.286. The number of carbonyl (C=O) groups is 1. The largest absolute Gasteiger partial charge is 0.497 e. The van der Waals surface area contributed by atoms with E-state index in [0.717, 1.165) is 27.7 Å². The van der Waals surface area contributed by atoms with Gasteiger partial charge in [0.25, 0.3) is 5.91 Å². The minimum Gasteiger partial charge on any atom is -0.497 e. The molecular weight excluding hydrogens is 454 g/mol. The number of amides is 1. The van der Waals surface area contributed by atoms with E-state index in [2.05, 4.69) is 10.2 Å². The summed E-state index contributed by atoms with van der Waals surface area (Å²) in [5, 5.41) is 6.41. The summed E-state index contributed by atoms with van der Waals surface area (Å²) in [6, 6.07) is 13.1. The van der Waals surface area contributed by atoms with Gasteiger partial charge in [-0.1, -0.05) is 6.07 Å². The molecule has 0 spiro atoms. The number of carbonyl (C=O) groups excluding carboxylic acids is 1. The highest BCUT2D eigenvalue weighted by Gasteiger charge is 2.32. The van der Waals surface area contributed by atoms with E-state index in [9.17, 15) is 13.2 Å². The Morgan fingerprint density at radius 1 is 1.03 bits per heavy atom. The number of nitrogens with one attached hydrogen (secondary N) is 1. The number of thiophene rings is 2. The zero-order chi connectivity index (χ0) is 21.8. The van der Waals surface area contributed by atoms with Crippen LogP contribution in [0.1, 0.15) is 14.5 Å². The molecular formula is C21H23N3O4S3. The third kappa shape index (κ3) is 4.77. The lowest BCUT2D eigenvalue weighted by atomic mass is 10.2. The molecule has 0 saturated carbocycles. The molecule has 1 aliphatic heterocycles. The number of nitrogens with zero attached hydrogens (tertiary/aromatic N) is 2. The van der Waals surface area contributed by atoms with Crippen LogP contribution < -0.4 is 15.0 Å². The molecule has 1 aromatic carbocycles. The Balaban J connectivity index is 1.42. The third-order valence-electron chi connectivity index (χ3n) is 5.13. The molecule has 7 nitrogen and oxygen atoms in total. The van der Waals surface area contributed by atoms with Gasteiger partial charge in [0.2, 0.25) is 10.0 Å². The lowest BCUT2D eigenvalue weighted by molar-refractivity contribution is 0.0952. The van der Waals surface area contributed by atoms with Gasteiger partial charge in [-0.2, -0.15) is 4.31 Å². The van der Waals surface area contributed by atoms with Crippen LogP contribution in [0.4, 0.5) is 5.69 Å². The quantitative estimate of drug-likeness (QED) is 0.565. The van der Waals surface area contributed by atoms with Crippen molar-refractivity contribution in [2.75, 3.05) is 38.2 Å². The summed E-state index contributed by atoms with van der Waals surface area (Å²) in [6.45, 7) is 2.26. The second-order valence-electron chi connectivity index (χ2n) is 6.97. The van der Waals surface area contributed by atoms with E-state index < -0.39 is 10.0 Å². The highest BCUT2D eigenvalue weighted by atomic mass is 32.2. The van der Waals surface area contributed by atoms with Gasteiger partial charge in [0.15, 0.2) is 0 Å². The van der Waals surface area contributed by atoms with Crippen molar-refractivity contribution in [3.63, 3.8) is 0 Å². The van der Waals surface area contributed by atoms with Crippen LogP contribution in [0, 0.1) is 0 Å². The summed E-state index contributed by atoms with van der Waals surface area (Å²) >= 11 is 2.70. The van der Waals surface area contributed by atoms with Gasteiger partial charge in [-0.25, -0.2) is 8.42 Å². The average Bonchev–Trinajstić information content (AvgIpc) is 3.50. The molecule has 1 aliphatic rings. The second-order valence-corrected chi connectivity index (χ2v) is 10.8. The first kappa shape index (κ1) is 21.8. The van der Waals surface area contributed by atoms with Crippen molar-refractivity contribution in [1.29, 1.82) is 0 Å². The molecule has 1 saturated heterocycles. The van der Waals surface area contributed by atoms with Crippen LogP contribution in [0.5, 0.6) is 5.75 Å². The van der Waals surface area contributed by atoms with Crippen LogP contribution in [-0.4, -0.2) is 51.9 Å². The smallest absolute Gasteiger partial charge is 0.263 e. The first-order valence-electron chi connectivity index (χ1n) is 9.76. The molecule has 0 aliphatic carbocycles. The standard InChI is InChI=1S/C21H23N3O4S3/c1-28-17-6-4-16(5-7-17)23-9-11-24(12-10-23)31(26,27)19-8-14-30-20(19)21(25)22-15-18-3-2-13-29-18/h2-8,13-14H,9-12,15H2,1H3,(H,22,25). The number of ether oxygens (including phenoxy) is 1. The predicted molar refractivity (Wildman–Crippen MR) is 124 cm³/mol. The number of methoxy groups -OCH3 is 1. The van der Waals surface area contributed by atoms with Crippen LogP contribution in [0.25, 0.3) is 0 Å². The molecule has 1 N–H and O–H groups in total. The second kappa shape index (κ2) is 9.39. The summed E-state index contributed by atoms with van der Waals surface area (Å²) in [6.07, 6.45) is 0. The fourth-order valence-corrected chi connectivity index (χ4v) is 6.83. The molecule has 1 fully saturated rings. The van der Waals surface area contributed by atoms with Crippen molar-refractivity contribution in [2.24, 2.45) is 0 Å². The van der Waals surface area contributed by atoms with E-state index in [1.54, 1.807) is 23.8 Å². The molecule has 4 rings (SSSR count). The van der Waals surface area contributed by atoms with Crippen molar-refractivity contribution >= 4 is 44.3 Å². The van der Waals surface area contributed by atoms with Gasteiger partial charge < -0.3 is 15.0 Å². The minimum absolute atomic E-state index is 0.0825. The molecule has 10 heteroatoms. The Bertz CT molecular complexity index is 1120. The van der Waals surface area contributed by atoms with Gasteiger partial charge in [0.1, 0.15) is 15.5 Å². The topological polar surface area (TPSA) is 79.0 Å². The monoisotopic (exact) mass is 477 g/mol. The number of rotatable bonds is 7. The van der Waals surface area contributed by atoms with Crippen molar-refractivity contribution in [3.05, 3.63) is 63.0 Å². The Morgan fingerprint density at radius 2 is 1.77 bits per heavy atom. The Labute approximate surface area is 189 Å². The molecule has 0 bridgehead atoms. The molecule has 0 radical (unpaired) electrons. The molecule has 0 unspecified atom stereocenters. The molecule has 164 valence electrons. The first-order valence-corrected chi connectivity index (χ1v) is 13.0.